The Labute approximate surface area is 213 Å². The van der Waals surface area contributed by atoms with Crippen molar-refractivity contribution in [1.29, 1.82) is 0 Å². The van der Waals surface area contributed by atoms with Gasteiger partial charge in [-0.15, -0.1) is 11.3 Å². The Bertz CT molecular complexity index is 1310. The maximum Gasteiger partial charge on any atom is 0.262 e. The van der Waals surface area contributed by atoms with Gasteiger partial charge in [-0.2, -0.15) is 0 Å². The molecule has 4 aromatic rings. The molecule has 0 spiro atoms. The number of anilines is 2. The Balaban J connectivity index is 1.35. The van der Waals surface area contributed by atoms with Crippen LogP contribution in [0.5, 0.6) is 5.75 Å². The Morgan fingerprint density at radius 3 is 2.54 bits per heavy atom. The van der Waals surface area contributed by atoms with E-state index in [1.54, 1.807) is 17.5 Å². The van der Waals surface area contributed by atoms with Crippen molar-refractivity contribution < 1.29 is 9.53 Å². The first-order valence-corrected chi connectivity index (χ1v) is 12.5. The molecule has 1 fully saturated rings. The number of pyridine rings is 1. The van der Waals surface area contributed by atoms with Crippen molar-refractivity contribution in [3.63, 3.8) is 0 Å². The number of rotatable bonds is 7. The average Bonchev–Trinajstić information content (AvgIpc) is 3.46. The molecule has 8 heteroatoms. The topological polar surface area (TPSA) is 66.5 Å². The van der Waals surface area contributed by atoms with Gasteiger partial charge >= 0.3 is 0 Å². The van der Waals surface area contributed by atoms with Crippen LogP contribution in [0.25, 0.3) is 0 Å². The predicted octanol–water partition coefficient (Wildman–Crippen LogP) is 5.65. The molecule has 0 radical (unpaired) electrons. The molecule has 0 bridgehead atoms. The molecule has 1 saturated heterocycles. The number of benzene rings is 2. The quantitative estimate of drug-likeness (QED) is 0.320. The van der Waals surface area contributed by atoms with Gasteiger partial charge in [0.1, 0.15) is 5.75 Å². The molecule has 1 aliphatic rings. The molecule has 2 aromatic carbocycles. The van der Waals surface area contributed by atoms with E-state index in [-0.39, 0.29) is 24.6 Å². The summed E-state index contributed by atoms with van der Waals surface area (Å²) < 4.78 is 5.53. The van der Waals surface area contributed by atoms with Crippen LogP contribution in [0.2, 0.25) is 0 Å². The second-order valence-electron chi connectivity index (χ2n) is 8.16. The van der Waals surface area contributed by atoms with Gasteiger partial charge in [-0.05, 0) is 84.7 Å². The molecule has 2 aromatic heterocycles. The van der Waals surface area contributed by atoms with Crippen LogP contribution in [0.4, 0.5) is 11.4 Å². The number of hydrogen-bond donors (Lipinski definition) is 2. The molecule has 5 rings (SSSR count). The predicted molar refractivity (Wildman–Crippen MR) is 144 cm³/mol. The monoisotopic (exact) mass is 500 g/mol. The third kappa shape index (κ3) is 5.03. The van der Waals surface area contributed by atoms with Crippen molar-refractivity contribution >= 4 is 45.9 Å². The van der Waals surface area contributed by atoms with Crippen LogP contribution in [-0.2, 0) is 4.79 Å². The van der Waals surface area contributed by atoms with Crippen molar-refractivity contribution in [3.05, 3.63) is 107 Å². The summed E-state index contributed by atoms with van der Waals surface area (Å²) in [7, 11) is 0. The number of carbonyl (C=O) groups is 1. The molecule has 35 heavy (non-hydrogen) atoms. The maximum absolute atomic E-state index is 12.3. The summed E-state index contributed by atoms with van der Waals surface area (Å²) in [6, 6.07) is 24.9. The highest BCUT2D eigenvalue weighted by molar-refractivity contribution is 7.80. The van der Waals surface area contributed by atoms with Crippen molar-refractivity contribution in [3.8, 4) is 5.75 Å². The van der Waals surface area contributed by atoms with Gasteiger partial charge in [0, 0.05) is 22.4 Å². The lowest BCUT2D eigenvalue weighted by Gasteiger charge is -2.27. The molecule has 2 atom stereocenters. The van der Waals surface area contributed by atoms with E-state index in [9.17, 15) is 4.79 Å². The number of nitrogens with zero attached hydrogens (tertiary/aromatic N) is 2. The Kier molecular flexibility index (Phi) is 6.74. The van der Waals surface area contributed by atoms with Crippen LogP contribution in [0.15, 0.2) is 90.4 Å². The third-order valence-corrected chi connectivity index (χ3v) is 7.21. The van der Waals surface area contributed by atoms with E-state index in [4.69, 9.17) is 17.0 Å². The van der Waals surface area contributed by atoms with Gasteiger partial charge in [-0.1, -0.05) is 24.3 Å². The maximum atomic E-state index is 12.3. The molecule has 2 N–H and O–H groups in total. The van der Waals surface area contributed by atoms with Crippen LogP contribution in [0.1, 0.15) is 28.2 Å². The summed E-state index contributed by atoms with van der Waals surface area (Å²) >= 11 is 7.50. The minimum atomic E-state index is -0.220. The standard InChI is InChI=1S/C27H24N4O2S2/c1-18-14-16-35-26(18)25-24(22-9-5-6-15-28-22)30-27(34)31(25)20-12-10-19(11-13-20)29-23(32)17-33-21-7-3-2-4-8-21/h2-16,24-25H,17H2,1H3,(H,29,32)(H,30,34)/t24-,25+/m1/s1. The molecule has 6 nitrogen and oxygen atoms in total. The van der Waals surface area contributed by atoms with Gasteiger partial charge in [0.05, 0.1) is 17.8 Å². The lowest BCUT2D eigenvalue weighted by molar-refractivity contribution is -0.118. The molecule has 0 aliphatic carbocycles. The summed E-state index contributed by atoms with van der Waals surface area (Å²) in [5.74, 6) is 0.438. The first-order chi connectivity index (χ1) is 17.1. The molecule has 1 amide bonds. The van der Waals surface area contributed by atoms with Gasteiger partial charge < -0.3 is 20.3 Å². The highest BCUT2D eigenvalue weighted by atomic mass is 32.1. The van der Waals surface area contributed by atoms with Crippen molar-refractivity contribution in [1.82, 2.24) is 10.3 Å². The van der Waals surface area contributed by atoms with Gasteiger partial charge in [-0.25, -0.2) is 0 Å². The Morgan fingerprint density at radius 2 is 1.86 bits per heavy atom. The highest BCUT2D eigenvalue weighted by Gasteiger charge is 2.41. The average molecular weight is 501 g/mol. The molecular weight excluding hydrogens is 476 g/mol. The number of aromatic nitrogens is 1. The number of thiocarbonyl (C=S) groups is 1. The summed E-state index contributed by atoms with van der Waals surface area (Å²) in [6.07, 6.45) is 1.81. The SMILES string of the molecule is Cc1ccsc1[C@@H]1[C@@H](c2ccccn2)NC(=S)N1c1ccc(NC(=O)COc2ccccc2)cc1. The summed E-state index contributed by atoms with van der Waals surface area (Å²) in [5.41, 5.74) is 3.80. The zero-order valence-electron chi connectivity index (χ0n) is 19.0. The van der Waals surface area contributed by atoms with Gasteiger partial charge in [0.2, 0.25) is 0 Å². The van der Waals surface area contributed by atoms with Crippen molar-refractivity contribution in [2.75, 3.05) is 16.8 Å². The molecule has 0 saturated carbocycles. The zero-order chi connectivity index (χ0) is 24.2. The third-order valence-electron chi connectivity index (χ3n) is 5.81. The Morgan fingerprint density at radius 1 is 1.09 bits per heavy atom. The molecule has 0 unspecified atom stereocenters. The number of thiophene rings is 1. The lowest BCUT2D eigenvalue weighted by Crippen LogP contribution is -2.29. The fraction of sp³-hybridized carbons (Fsp3) is 0.148. The summed E-state index contributed by atoms with van der Waals surface area (Å²) in [4.78, 5) is 20.3. The number of amides is 1. The smallest absolute Gasteiger partial charge is 0.262 e. The van der Waals surface area contributed by atoms with Crippen LogP contribution in [0, 0.1) is 6.92 Å². The number of hydrogen-bond acceptors (Lipinski definition) is 5. The van der Waals surface area contributed by atoms with E-state index in [0.717, 1.165) is 11.4 Å². The summed E-state index contributed by atoms with van der Waals surface area (Å²) in [5, 5.41) is 9.12. The van der Waals surface area contributed by atoms with Gasteiger partial charge in [0.15, 0.2) is 11.7 Å². The van der Waals surface area contributed by atoms with Crippen molar-refractivity contribution in [2.24, 2.45) is 0 Å². The van der Waals surface area contributed by atoms with E-state index < -0.39 is 0 Å². The van der Waals surface area contributed by atoms with E-state index in [1.165, 1.54) is 10.4 Å². The highest BCUT2D eigenvalue weighted by Crippen LogP contribution is 2.44. The molecule has 3 heterocycles. The Hall–Kier alpha value is -3.75. The van der Waals surface area contributed by atoms with Crippen LogP contribution < -0.4 is 20.3 Å². The number of aryl methyl sites for hydroxylation is 1. The normalized spacial score (nSPS) is 17.2. The number of carbonyl (C=O) groups excluding carboxylic acids is 1. The van der Waals surface area contributed by atoms with Crippen LogP contribution >= 0.6 is 23.6 Å². The fourth-order valence-electron chi connectivity index (χ4n) is 4.15. The van der Waals surface area contributed by atoms with Crippen LogP contribution in [-0.4, -0.2) is 22.6 Å². The van der Waals surface area contributed by atoms with E-state index in [0.29, 0.717) is 16.5 Å². The zero-order valence-corrected chi connectivity index (χ0v) is 20.7. The second kappa shape index (κ2) is 10.2. The molecule has 176 valence electrons. The van der Waals surface area contributed by atoms with Crippen molar-refractivity contribution in [2.45, 2.75) is 19.0 Å². The molecular formula is C27H24N4O2S2. The minimum absolute atomic E-state index is 0.0305. The largest absolute Gasteiger partial charge is 0.484 e. The number of para-hydroxylation sites is 1. The van der Waals surface area contributed by atoms with Gasteiger partial charge in [-0.3, -0.25) is 9.78 Å². The van der Waals surface area contributed by atoms with E-state index in [2.05, 4.69) is 38.9 Å². The van der Waals surface area contributed by atoms with E-state index >= 15 is 0 Å². The molecule has 1 aliphatic heterocycles. The fourth-order valence-corrected chi connectivity index (χ4v) is 5.55. The summed E-state index contributed by atoms with van der Waals surface area (Å²) in [6.45, 7) is 2.06. The van der Waals surface area contributed by atoms with Gasteiger partial charge in [0.25, 0.3) is 5.91 Å². The first-order valence-electron chi connectivity index (χ1n) is 11.2. The van der Waals surface area contributed by atoms with Crippen LogP contribution in [0.3, 0.4) is 0 Å². The number of nitrogens with one attached hydrogen (secondary N) is 2. The number of ether oxygens (including phenoxy) is 1. The first kappa shape index (κ1) is 23.0. The second-order valence-corrected chi connectivity index (χ2v) is 9.50. The van der Waals surface area contributed by atoms with E-state index in [1.807, 2.05) is 72.8 Å². The lowest BCUT2D eigenvalue weighted by atomic mass is 10.0. The minimum Gasteiger partial charge on any atom is -0.484 e.